The number of rotatable bonds is 6. The lowest BCUT2D eigenvalue weighted by molar-refractivity contribution is -0.152. The van der Waals surface area contributed by atoms with E-state index in [1.54, 1.807) is 13.8 Å². The molecule has 0 bridgehead atoms. The van der Waals surface area contributed by atoms with Crippen LogP contribution in [0.2, 0.25) is 0 Å². The highest BCUT2D eigenvalue weighted by Crippen LogP contribution is 2.47. The van der Waals surface area contributed by atoms with Crippen LogP contribution in [0, 0.1) is 5.41 Å². The second-order valence-corrected chi connectivity index (χ2v) is 6.76. The van der Waals surface area contributed by atoms with E-state index >= 15 is 0 Å². The molecule has 18 heavy (non-hydrogen) atoms. The molecule has 0 amide bonds. The van der Waals surface area contributed by atoms with Gasteiger partial charge in [-0.2, -0.15) is 13.2 Å². The Kier molecular flexibility index (Phi) is 6.63. The van der Waals surface area contributed by atoms with Crippen molar-refractivity contribution >= 4 is 29.5 Å². The molecule has 0 atom stereocenters. The van der Waals surface area contributed by atoms with Crippen molar-refractivity contribution in [2.24, 2.45) is 5.41 Å². The molecule has 0 aliphatic rings. The van der Waals surface area contributed by atoms with Gasteiger partial charge in [-0.3, -0.25) is 4.79 Å². The first-order valence-electron chi connectivity index (χ1n) is 5.39. The third-order valence-corrected chi connectivity index (χ3v) is 4.42. The molecule has 0 saturated heterocycles. The number of carboxylic acids is 1. The maximum atomic E-state index is 13.1. The molecule has 0 saturated carbocycles. The molecular formula is C11H17F3O2S2. The number of hydrogen-bond donors (Lipinski definition) is 1. The van der Waals surface area contributed by atoms with E-state index in [2.05, 4.69) is 0 Å². The lowest BCUT2D eigenvalue weighted by atomic mass is 9.85. The van der Waals surface area contributed by atoms with Crippen molar-refractivity contribution in [3.8, 4) is 0 Å². The zero-order valence-corrected chi connectivity index (χ0v) is 12.4. The van der Waals surface area contributed by atoms with E-state index < -0.39 is 23.1 Å². The second kappa shape index (κ2) is 6.75. The van der Waals surface area contributed by atoms with Gasteiger partial charge in [-0.25, -0.2) is 0 Å². The number of halogens is 3. The van der Waals surface area contributed by atoms with Crippen LogP contribution < -0.4 is 0 Å². The van der Waals surface area contributed by atoms with Crippen molar-refractivity contribution in [1.29, 1.82) is 0 Å². The average Bonchev–Trinajstić information content (AvgIpc) is 2.15. The van der Waals surface area contributed by atoms with Crippen molar-refractivity contribution in [2.75, 3.05) is 11.5 Å². The highest BCUT2D eigenvalue weighted by Gasteiger charge is 2.49. The molecule has 0 rings (SSSR count). The standard InChI is InChI=1S/C11H17F3O2S2/c1-5-17-8(18-6-2)7(11(12,13)14)10(3,4)9(15)16/h5-6H2,1-4H3,(H,15,16). The van der Waals surface area contributed by atoms with Crippen LogP contribution in [0.5, 0.6) is 0 Å². The van der Waals surface area contributed by atoms with Gasteiger partial charge in [-0.15, -0.1) is 23.5 Å². The number of carboxylic acid groups (broad SMARTS) is 1. The fraction of sp³-hybridized carbons (Fsp3) is 0.727. The molecule has 106 valence electrons. The Morgan fingerprint density at radius 2 is 1.50 bits per heavy atom. The van der Waals surface area contributed by atoms with Crippen LogP contribution in [0.15, 0.2) is 9.81 Å². The molecule has 2 nitrogen and oxygen atoms in total. The van der Waals surface area contributed by atoms with Gasteiger partial charge in [0.1, 0.15) is 0 Å². The molecule has 0 spiro atoms. The SMILES string of the molecule is CCSC(SCC)=C(C(F)(F)F)C(C)(C)C(=O)O. The summed E-state index contributed by atoms with van der Waals surface area (Å²) in [6, 6.07) is 0. The first kappa shape index (κ1) is 17.7. The molecule has 0 fully saturated rings. The third kappa shape index (κ3) is 4.42. The van der Waals surface area contributed by atoms with Crippen molar-refractivity contribution < 1.29 is 23.1 Å². The minimum atomic E-state index is -4.64. The Morgan fingerprint density at radius 3 is 1.72 bits per heavy atom. The quantitative estimate of drug-likeness (QED) is 0.790. The molecular weight excluding hydrogens is 285 g/mol. The van der Waals surface area contributed by atoms with Gasteiger partial charge in [0, 0.05) is 4.24 Å². The molecule has 0 aromatic rings. The normalized spacial score (nSPS) is 12.4. The van der Waals surface area contributed by atoms with Crippen molar-refractivity contribution in [1.82, 2.24) is 0 Å². The Morgan fingerprint density at radius 1 is 1.11 bits per heavy atom. The monoisotopic (exact) mass is 302 g/mol. The Hall–Kier alpha value is -0.300. The molecule has 0 heterocycles. The van der Waals surface area contributed by atoms with Crippen LogP contribution in [0.1, 0.15) is 27.7 Å². The fourth-order valence-electron chi connectivity index (χ4n) is 1.28. The summed E-state index contributed by atoms with van der Waals surface area (Å²) in [5.74, 6) is -0.532. The Balaban J connectivity index is 5.86. The summed E-state index contributed by atoms with van der Waals surface area (Å²) in [5.41, 5.74) is -2.90. The zero-order valence-electron chi connectivity index (χ0n) is 10.7. The van der Waals surface area contributed by atoms with Crippen LogP contribution >= 0.6 is 23.5 Å². The molecule has 0 aliphatic carbocycles. The summed E-state index contributed by atoms with van der Waals surface area (Å²) < 4.78 is 39.4. The van der Waals surface area contributed by atoms with Crippen LogP contribution in [0.4, 0.5) is 13.2 Å². The molecule has 0 radical (unpaired) electrons. The lowest BCUT2D eigenvalue weighted by Crippen LogP contribution is -2.34. The smallest absolute Gasteiger partial charge is 0.415 e. The van der Waals surface area contributed by atoms with E-state index in [0.29, 0.717) is 11.5 Å². The fourth-order valence-corrected chi connectivity index (χ4v) is 3.88. The van der Waals surface area contributed by atoms with Gasteiger partial charge in [0.2, 0.25) is 0 Å². The molecule has 0 aliphatic heterocycles. The number of thioether (sulfide) groups is 2. The largest absolute Gasteiger partial charge is 0.481 e. The van der Waals surface area contributed by atoms with Gasteiger partial charge < -0.3 is 5.11 Å². The minimum absolute atomic E-state index is 0.0555. The zero-order chi connectivity index (χ0) is 14.6. The molecule has 7 heteroatoms. The maximum absolute atomic E-state index is 13.1. The second-order valence-electron chi connectivity index (χ2n) is 3.96. The predicted octanol–water partition coefficient (Wildman–Crippen LogP) is 4.38. The van der Waals surface area contributed by atoms with Crippen molar-refractivity contribution in [3.63, 3.8) is 0 Å². The van der Waals surface area contributed by atoms with Gasteiger partial charge in [0.15, 0.2) is 0 Å². The minimum Gasteiger partial charge on any atom is -0.481 e. The third-order valence-electron chi connectivity index (χ3n) is 2.20. The maximum Gasteiger partial charge on any atom is 0.415 e. The summed E-state index contributed by atoms with van der Waals surface area (Å²) in [7, 11) is 0. The van der Waals surface area contributed by atoms with E-state index in [4.69, 9.17) is 5.11 Å². The van der Waals surface area contributed by atoms with Crippen LogP contribution in [0.25, 0.3) is 0 Å². The molecule has 1 N–H and O–H groups in total. The van der Waals surface area contributed by atoms with E-state index in [1.165, 1.54) is 0 Å². The van der Waals surface area contributed by atoms with Gasteiger partial charge >= 0.3 is 12.1 Å². The van der Waals surface area contributed by atoms with Gasteiger partial charge in [-0.1, -0.05) is 13.8 Å². The summed E-state index contributed by atoms with van der Waals surface area (Å²) >= 11 is 2.08. The highest BCUT2D eigenvalue weighted by molar-refractivity contribution is 8.22. The average molecular weight is 302 g/mol. The summed E-state index contributed by atoms with van der Waals surface area (Å²) in [5, 5.41) is 9.01. The van der Waals surface area contributed by atoms with Gasteiger partial charge in [-0.05, 0) is 25.4 Å². The molecule has 0 aromatic carbocycles. The van der Waals surface area contributed by atoms with Gasteiger partial charge in [0.25, 0.3) is 0 Å². The number of hydrogen-bond acceptors (Lipinski definition) is 3. The molecule has 0 unspecified atom stereocenters. The Bertz CT molecular complexity index is 328. The van der Waals surface area contributed by atoms with E-state index in [9.17, 15) is 18.0 Å². The number of carbonyl (C=O) groups is 1. The number of alkyl halides is 3. The highest BCUT2D eigenvalue weighted by atomic mass is 32.2. The molecule has 0 aromatic heterocycles. The summed E-state index contributed by atoms with van der Waals surface area (Å²) in [4.78, 5) is 11.1. The first-order valence-corrected chi connectivity index (χ1v) is 7.37. The van der Waals surface area contributed by atoms with Crippen molar-refractivity contribution in [2.45, 2.75) is 33.9 Å². The predicted molar refractivity (Wildman–Crippen MR) is 70.8 cm³/mol. The van der Waals surface area contributed by atoms with Crippen molar-refractivity contribution in [3.05, 3.63) is 9.81 Å². The van der Waals surface area contributed by atoms with Gasteiger partial charge in [0.05, 0.1) is 11.0 Å². The van der Waals surface area contributed by atoms with E-state index in [1.807, 2.05) is 0 Å². The first-order chi connectivity index (χ1) is 8.08. The van der Waals surface area contributed by atoms with Crippen LogP contribution in [-0.2, 0) is 4.79 Å². The Labute approximate surface area is 113 Å². The van der Waals surface area contributed by atoms with E-state index in [-0.39, 0.29) is 4.24 Å². The summed E-state index contributed by atoms with van der Waals surface area (Å²) in [6.07, 6.45) is -4.64. The summed E-state index contributed by atoms with van der Waals surface area (Å²) in [6.45, 7) is 5.65. The topological polar surface area (TPSA) is 37.3 Å². The van der Waals surface area contributed by atoms with Crippen LogP contribution in [-0.4, -0.2) is 28.8 Å². The van der Waals surface area contributed by atoms with Crippen LogP contribution in [0.3, 0.4) is 0 Å². The number of aliphatic carboxylic acids is 1. The van der Waals surface area contributed by atoms with E-state index in [0.717, 1.165) is 37.4 Å². The lowest BCUT2D eigenvalue weighted by Gasteiger charge is -2.27.